The number of ether oxygens (including phenoxy) is 1. The van der Waals surface area contributed by atoms with Crippen LogP contribution in [0.1, 0.15) is 5.56 Å². The smallest absolute Gasteiger partial charge is 0.129 e. The van der Waals surface area contributed by atoms with Crippen molar-refractivity contribution in [3.63, 3.8) is 0 Å². The number of hydrogen-bond donors (Lipinski definition) is 1. The fraction of sp³-hybridized carbons (Fsp3) is 0.0625. The number of aromatic nitrogens is 1. The fourth-order valence-corrected chi connectivity index (χ4v) is 2.31. The van der Waals surface area contributed by atoms with Crippen LogP contribution in [0.3, 0.4) is 0 Å². The minimum absolute atomic E-state index is 0.333. The van der Waals surface area contributed by atoms with Gasteiger partial charge in [-0.05, 0) is 36.4 Å². The molecule has 0 bridgehead atoms. The Balaban J connectivity index is 1.91. The summed E-state index contributed by atoms with van der Waals surface area (Å²) < 4.78 is 5.86. The molecule has 2 N–H and O–H groups in total. The zero-order chi connectivity index (χ0) is 13.9. The highest BCUT2D eigenvalue weighted by atomic mass is 35.5. The third kappa shape index (κ3) is 2.40. The second-order valence-electron chi connectivity index (χ2n) is 4.42. The van der Waals surface area contributed by atoms with Gasteiger partial charge in [-0.3, -0.25) is 4.98 Å². The summed E-state index contributed by atoms with van der Waals surface area (Å²) in [4.78, 5) is 4.30. The summed E-state index contributed by atoms with van der Waals surface area (Å²) in [6, 6.07) is 15.1. The van der Waals surface area contributed by atoms with Gasteiger partial charge in [0.25, 0.3) is 0 Å². The van der Waals surface area contributed by atoms with Crippen LogP contribution < -0.4 is 10.5 Å². The maximum Gasteiger partial charge on any atom is 0.129 e. The maximum atomic E-state index is 6.14. The van der Waals surface area contributed by atoms with E-state index in [1.54, 1.807) is 12.3 Å². The van der Waals surface area contributed by atoms with Crippen LogP contribution >= 0.6 is 11.6 Å². The summed E-state index contributed by atoms with van der Waals surface area (Å²) in [5.41, 5.74) is 8.26. The highest BCUT2D eigenvalue weighted by Crippen LogP contribution is 2.27. The van der Waals surface area contributed by atoms with Crippen LogP contribution in [0.5, 0.6) is 5.75 Å². The van der Waals surface area contributed by atoms with Gasteiger partial charge in [-0.15, -0.1) is 0 Å². The van der Waals surface area contributed by atoms with Crippen LogP contribution in [-0.2, 0) is 6.61 Å². The van der Waals surface area contributed by atoms with Crippen molar-refractivity contribution < 1.29 is 4.74 Å². The molecule has 0 unspecified atom stereocenters. The van der Waals surface area contributed by atoms with Gasteiger partial charge >= 0.3 is 0 Å². The average molecular weight is 285 g/mol. The van der Waals surface area contributed by atoms with Crippen molar-refractivity contribution in [3.8, 4) is 5.75 Å². The number of fused-ring (bicyclic) bond motifs is 1. The average Bonchev–Trinajstić information content (AvgIpc) is 2.47. The molecule has 0 aliphatic carbocycles. The lowest BCUT2D eigenvalue weighted by atomic mass is 10.2. The lowest BCUT2D eigenvalue weighted by Crippen LogP contribution is -2.01. The molecule has 3 rings (SSSR count). The molecule has 4 heteroatoms. The molecular weight excluding hydrogens is 272 g/mol. The predicted octanol–water partition coefficient (Wildman–Crippen LogP) is 4.05. The number of nitrogens with two attached hydrogens (primary N) is 1. The summed E-state index contributed by atoms with van der Waals surface area (Å²) >= 11 is 6.14. The molecule has 3 aromatic rings. The number of hydrogen-bond acceptors (Lipinski definition) is 3. The van der Waals surface area contributed by atoms with Crippen molar-refractivity contribution in [3.05, 3.63) is 65.3 Å². The first-order valence-corrected chi connectivity index (χ1v) is 6.63. The first-order chi connectivity index (χ1) is 9.75. The number of pyridine rings is 1. The fourth-order valence-electron chi connectivity index (χ4n) is 2.08. The van der Waals surface area contributed by atoms with Crippen LogP contribution in [-0.4, -0.2) is 4.98 Å². The number of halogens is 1. The molecule has 0 fully saturated rings. The van der Waals surface area contributed by atoms with E-state index in [2.05, 4.69) is 4.98 Å². The molecule has 100 valence electrons. The molecule has 3 nitrogen and oxygen atoms in total. The van der Waals surface area contributed by atoms with Gasteiger partial charge in [0.05, 0.1) is 5.52 Å². The Kier molecular flexibility index (Phi) is 3.44. The SMILES string of the molecule is Nc1cccc(Cl)c1COc1cccc2ncccc12. The zero-order valence-corrected chi connectivity index (χ0v) is 11.5. The summed E-state index contributed by atoms with van der Waals surface area (Å²) in [5.74, 6) is 0.773. The third-order valence-corrected chi connectivity index (χ3v) is 3.49. The minimum Gasteiger partial charge on any atom is -0.488 e. The van der Waals surface area contributed by atoms with Gasteiger partial charge < -0.3 is 10.5 Å². The highest BCUT2D eigenvalue weighted by molar-refractivity contribution is 6.31. The minimum atomic E-state index is 0.333. The Morgan fingerprint density at radius 3 is 2.75 bits per heavy atom. The molecule has 0 saturated carbocycles. The lowest BCUT2D eigenvalue weighted by molar-refractivity contribution is 0.311. The molecule has 0 spiro atoms. The number of nitrogens with zero attached hydrogens (tertiary/aromatic N) is 1. The molecule has 0 atom stereocenters. The summed E-state index contributed by atoms with van der Waals surface area (Å²) in [6.45, 7) is 0.333. The third-order valence-electron chi connectivity index (χ3n) is 3.13. The molecule has 20 heavy (non-hydrogen) atoms. The molecule has 0 aliphatic heterocycles. The number of anilines is 1. The van der Waals surface area contributed by atoms with Crippen LogP contribution in [0.4, 0.5) is 5.69 Å². The first kappa shape index (κ1) is 12.8. The number of nitrogen functional groups attached to an aromatic ring is 1. The molecule has 0 aliphatic rings. The van der Waals surface area contributed by atoms with E-state index in [4.69, 9.17) is 22.1 Å². The summed E-state index contributed by atoms with van der Waals surface area (Å²) in [7, 11) is 0. The van der Waals surface area contributed by atoms with Gasteiger partial charge in [0.15, 0.2) is 0 Å². The number of rotatable bonds is 3. The van der Waals surface area contributed by atoms with E-state index in [1.165, 1.54) is 0 Å². The van der Waals surface area contributed by atoms with Crippen LogP contribution in [0.15, 0.2) is 54.7 Å². The van der Waals surface area contributed by atoms with Crippen LogP contribution in [0.2, 0.25) is 5.02 Å². The zero-order valence-electron chi connectivity index (χ0n) is 10.7. The molecule has 0 radical (unpaired) electrons. The Morgan fingerprint density at radius 1 is 1.05 bits per heavy atom. The summed E-state index contributed by atoms with van der Waals surface area (Å²) in [6.07, 6.45) is 1.76. The van der Waals surface area contributed by atoms with Crippen molar-refractivity contribution in [2.45, 2.75) is 6.61 Å². The van der Waals surface area contributed by atoms with Gasteiger partial charge in [0, 0.05) is 27.9 Å². The van der Waals surface area contributed by atoms with Crippen molar-refractivity contribution >= 4 is 28.2 Å². The lowest BCUT2D eigenvalue weighted by Gasteiger charge is -2.11. The quantitative estimate of drug-likeness (QED) is 0.738. The Bertz CT molecular complexity index is 733. The van der Waals surface area contributed by atoms with E-state index >= 15 is 0 Å². The second kappa shape index (κ2) is 5.39. The Morgan fingerprint density at radius 2 is 1.90 bits per heavy atom. The van der Waals surface area contributed by atoms with Gasteiger partial charge in [0.1, 0.15) is 12.4 Å². The number of benzene rings is 2. The van der Waals surface area contributed by atoms with Crippen molar-refractivity contribution in [1.82, 2.24) is 4.98 Å². The van der Waals surface area contributed by atoms with E-state index in [1.807, 2.05) is 42.5 Å². The van der Waals surface area contributed by atoms with Gasteiger partial charge in [-0.1, -0.05) is 23.7 Å². The van der Waals surface area contributed by atoms with Gasteiger partial charge in [-0.25, -0.2) is 0 Å². The topological polar surface area (TPSA) is 48.1 Å². The normalized spacial score (nSPS) is 10.7. The molecule has 0 amide bonds. The molecule has 0 saturated heterocycles. The van der Waals surface area contributed by atoms with Crippen molar-refractivity contribution in [1.29, 1.82) is 0 Å². The van der Waals surface area contributed by atoms with Crippen molar-refractivity contribution in [2.24, 2.45) is 0 Å². The molecule has 1 heterocycles. The Labute approximate surface area is 122 Å². The standard InChI is InChI=1S/C16H13ClN2O/c17-13-5-1-6-14(18)12(13)10-20-16-8-2-7-15-11(16)4-3-9-19-15/h1-9H,10,18H2. The first-order valence-electron chi connectivity index (χ1n) is 6.25. The van der Waals surface area contributed by atoms with E-state index in [0.717, 1.165) is 22.2 Å². The van der Waals surface area contributed by atoms with E-state index in [-0.39, 0.29) is 0 Å². The van der Waals surface area contributed by atoms with Crippen LogP contribution in [0.25, 0.3) is 10.9 Å². The largest absolute Gasteiger partial charge is 0.488 e. The van der Waals surface area contributed by atoms with Gasteiger partial charge in [0.2, 0.25) is 0 Å². The highest BCUT2D eigenvalue weighted by Gasteiger charge is 2.07. The van der Waals surface area contributed by atoms with E-state index in [9.17, 15) is 0 Å². The molecule has 1 aromatic heterocycles. The monoisotopic (exact) mass is 284 g/mol. The molecular formula is C16H13ClN2O. The summed E-state index contributed by atoms with van der Waals surface area (Å²) in [5, 5.41) is 1.59. The Hall–Kier alpha value is -2.26. The molecule has 2 aromatic carbocycles. The predicted molar refractivity (Wildman–Crippen MR) is 81.9 cm³/mol. The van der Waals surface area contributed by atoms with Crippen molar-refractivity contribution in [2.75, 3.05) is 5.73 Å². The maximum absolute atomic E-state index is 6.14. The second-order valence-corrected chi connectivity index (χ2v) is 4.83. The van der Waals surface area contributed by atoms with Crippen LogP contribution in [0, 0.1) is 0 Å². The van der Waals surface area contributed by atoms with E-state index < -0.39 is 0 Å². The van der Waals surface area contributed by atoms with E-state index in [0.29, 0.717) is 17.3 Å². The van der Waals surface area contributed by atoms with Gasteiger partial charge in [-0.2, -0.15) is 0 Å².